The molecule has 0 aromatic heterocycles. The number of phenolic OH excluding ortho intramolecular Hbond substituents is 2. The van der Waals surface area contributed by atoms with Gasteiger partial charge in [-0.15, -0.1) is 0 Å². The minimum Gasteiger partial charge on any atom is -0.805 e. The van der Waals surface area contributed by atoms with Crippen molar-refractivity contribution in [1.82, 2.24) is 0 Å². The number of rotatable bonds is 8. The first-order valence-corrected chi connectivity index (χ1v) is 11.6. The average Bonchev–Trinajstić information content (AvgIpc) is 2.63. The van der Waals surface area contributed by atoms with E-state index in [2.05, 4.69) is 75.5 Å². The first-order chi connectivity index (χ1) is 13.3. The molecule has 2 rings (SSSR count). The first kappa shape index (κ1) is 28.5. The number of phenols is 2. The van der Waals surface area contributed by atoms with Crippen LogP contribution in [-0.2, 0) is 22.6 Å². The van der Waals surface area contributed by atoms with Gasteiger partial charge in [-0.1, -0.05) is 0 Å². The van der Waals surface area contributed by atoms with E-state index in [0.29, 0.717) is 18.3 Å². The predicted octanol–water partition coefficient (Wildman–Crippen LogP) is 1.33. The number of hydrogen-bond donors (Lipinski definition) is 2. The zero-order valence-electron chi connectivity index (χ0n) is 14.7. The number of aromatic hydroxyl groups is 2. The van der Waals surface area contributed by atoms with E-state index in [1.165, 1.54) is 0 Å². The number of halogens is 4. The van der Waals surface area contributed by atoms with Crippen LogP contribution in [0.25, 0.3) is 0 Å². The van der Waals surface area contributed by atoms with E-state index in [9.17, 15) is 15.2 Å². The van der Waals surface area contributed by atoms with Gasteiger partial charge in [0, 0.05) is 28.8 Å². The summed E-state index contributed by atoms with van der Waals surface area (Å²) in [4.78, 5) is 0. The maximum absolute atomic E-state index is 11.4. The molecule has 2 aromatic rings. The third-order valence-corrected chi connectivity index (χ3v) is 5.97. The van der Waals surface area contributed by atoms with Gasteiger partial charge < -0.3 is 24.7 Å². The van der Waals surface area contributed by atoms with E-state index in [1.54, 1.807) is 12.1 Å². The standard InChI is InChI=1S/C14H10BI4N4O5.K/c16-9-1-7(13(24)11(18)3-9)5-20-22-27-15(26)28-23-21-6-8-2-10(17)4-12(19)14(8)25;/h1-4,24-25H,5-6H2;/q-1;+1. The Labute approximate surface area is 264 Å². The van der Waals surface area contributed by atoms with Crippen LogP contribution in [-0.4, -0.2) is 17.5 Å². The van der Waals surface area contributed by atoms with Crippen molar-refractivity contribution in [1.29, 1.82) is 0 Å². The van der Waals surface area contributed by atoms with E-state index in [4.69, 9.17) is 0 Å². The molecular weight excluding hydrogens is 862 g/mol. The van der Waals surface area contributed by atoms with Gasteiger partial charge in [0.15, 0.2) is 0 Å². The minimum atomic E-state index is -2.04. The molecule has 29 heavy (non-hydrogen) atoms. The van der Waals surface area contributed by atoms with E-state index in [1.807, 2.05) is 57.3 Å². The third-order valence-electron chi connectivity index (χ3n) is 3.08. The summed E-state index contributed by atoms with van der Waals surface area (Å²) in [6.45, 7) is 0.0783. The van der Waals surface area contributed by atoms with Crippen molar-refractivity contribution >= 4 is 97.7 Å². The number of hydrogen-bond acceptors (Lipinski definition) is 9. The van der Waals surface area contributed by atoms with Crippen molar-refractivity contribution < 1.29 is 76.1 Å². The fraction of sp³-hybridized carbons (Fsp3) is 0.143. The number of benzene rings is 2. The van der Waals surface area contributed by atoms with Crippen LogP contribution in [0, 0.1) is 14.3 Å². The molecule has 0 amide bonds. The Kier molecular flexibility index (Phi) is 14.3. The molecule has 15 heteroatoms. The Morgan fingerprint density at radius 2 is 1.17 bits per heavy atom. The predicted molar refractivity (Wildman–Crippen MR) is 132 cm³/mol. The summed E-state index contributed by atoms with van der Waals surface area (Å²) in [5.74, 6) is 0.217. The van der Waals surface area contributed by atoms with Crippen molar-refractivity contribution in [3.8, 4) is 11.5 Å². The molecule has 0 fully saturated rings. The van der Waals surface area contributed by atoms with Crippen LogP contribution in [0.5, 0.6) is 11.5 Å². The quantitative estimate of drug-likeness (QED) is 0.179. The fourth-order valence-corrected chi connectivity index (χ4v) is 5.78. The molecule has 9 nitrogen and oxygen atoms in total. The molecule has 0 aliphatic carbocycles. The molecule has 0 radical (unpaired) electrons. The summed E-state index contributed by atoms with van der Waals surface area (Å²) < 4.78 is 12.2. The second-order valence-electron chi connectivity index (χ2n) is 5.05. The molecule has 0 bridgehead atoms. The van der Waals surface area contributed by atoms with Crippen LogP contribution in [0.2, 0.25) is 0 Å². The summed E-state index contributed by atoms with van der Waals surface area (Å²) in [7, 11) is -2.04. The molecule has 148 valence electrons. The second kappa shape index (κ2) is 14.5. The summed E-state index contributed by atoms with van der Waals surface area (Å²) in [6.07, 6.45) is 0. The van der Waals surface area contributed by atoms with E-state index in [0.717, 1.165) is 7.14 Å². The molecule has 0 saturated heterocycles. The molecule has 0 atom stereocenters. The Morgan fingerprint density at radius 3 is 1.55 bits per heavy atom. The van der Waals surface area contributed by atoms with Crippen LogP contribution in [0.1, 0.15) is 11.1 Å². The van der Waals surface area contributed by atoms with Crippen molar-refractivity contribution in [3.05, 3.63) is 49.7 Å². The smallest absolute Gasteiger partial charge is 0.805 e. The van der Waals surface area contributed by atoms with Crippen LogP contribution in [0.15, 0.2) is 45.0 Å². The Bertz CT molecular complexity index is 837. The maximum Gasteiger partial charge on any atom is 1.00 e. The van der Waals surface area contributed by atoms with Crippen LogP contribution in [0.4, 0.5) is 0 Å². The van der Waals surface area contributed by atoms with Gasteiger partial charge in [0.2, 0.25) is 0 Å². The minimum absolute atomic E-state index is 0. The van der Waals surface area contributed by atoms with Gasteiger partial charge in [-0.3, -0.25) is 0 Å². The van der Waals surface area contributed by atoms with Crippen molar-refractivity contribution in [2.45, 2.75) is 13.1 Å². The zero-order chi connectivity index (χ0) is 20.7. The largest absolute Gasteiger partial charge is 1.00 e. The normalized spacial score (nSPS) is 10.9. The molecule has 0 unspecified atom stereocenters. The maximum atomic E-state index is 11.4. The summed E-state index contributed by atoms with van der Waals surface area (Å²) in [5.41, 5.74) is 1.11. The summed E-state index contributed by atoms with van der Waals surface area (Å²) in [5, 5.41) is 45.2. The van der Waals surface area contributed by atoms with Crippen LogP contribution in [0.3, 0.4) is 0 Å². The van der Waals surface area contributed by atoms with Crippen molar-refractivity contribution in [2.24, 2.45) is 20.8 Å². The van der Waals surface area contributed by atoms with Gasteiger partial charge in [0.25, 0.3) is 0 Å². The van der Waals surface area contributed by atoms with Gasteiger partial charge in [0.1, 0.15) is 11.5 Å². The molecule has 0 aliphatic rings. The van der Waals surface area contributed by atoms with Crippen molar-refractivity contribution in [2.75, 3.05) is 0 Å². The Morgan fingerprint density at radius 1 is 0.793 bits per heavy atom. The van der Waals surface area contributed by atoms with E-state index < -0.39 is 7.32 Å². The van der Waals surface area contributed by atoms with E-state index >= 15 is 0 Å². The molecule has 2 aromatic carbocycles. The molecule has 0 aliphatic heterocycles. The third kappa shape index (κ3) is 9.84. The fourth-order valence-electron chi connectivity index (χ4n) is 1.85. The van der Waals surface area contributed by atoms with Gasteiger partial charge in [0.05, 0.1) is 20.2 Å². The van der Waals surface area contributed by atoms with Crippen molar-refractivity contribution in [3.63, 3.8) is 0 Å². The topological polar surface area (TPSA) is 131 Å². The van der Waals surface area contributed by atoms with Gasteiger partial charge >= 0.3 is 58.7 Å². The molecule has 0 spiro atoms. The Hall–Kier alpha value is 1.42. The summed E-state index contributed by atoms with van der Waals surface area (Å²) in [6, 6.07) is 7.13. The van der Waals surface area contributed by atoms with Gasteiger partial charge in [-0.25, -0.2) is 0 Å². The molecule has 0 saturated carbocycles. The van der Waals surface area contributed by atoms with Gasteiger partial charge in [-0.2, -0.15) is 10.2 Å². The number of nitrogens with zero attached hydrogens (tertiary/aromatic N) is 4. The molecular formula is C14H10BI4KN4O5. The van der Waals surface area contributed by atoms with Crippen LogP contribution < -0.4 is 56.4 Å². The van der Waals surface area contributed by atoms with E-state index in [-0.39, 0.29) is 76.0 Å². The zero-order valence-corrected chi connectivity index (χ0v) is 26.5. The van der Waals surface area contributed by atoms with Crippen LogP contribution >= 0.6 is 90.4 Å². The summed E-state index contributed by atoms with van der Waals surface area (Å²) >= 11 is 8.25. The first-order valence-electron chi connectivity index (χ1n) is 7.32. The average molecular weight is 872 g/mol. The monoisotopic (exact) mass is 872 g/mol. The SMILES string of the molecule is [K+].[O-]B(ON=NCc1cc(I)cc(I)c1O)ON=NCc1cc(I)cc(I)c1O. The molecule has 0 heterocycles. The second-order valence-corrected chi connectivity index (χ2v) is 9.87. The molecule has 2 N–H and O–H groups in total. The van der Waals surface area contributed by atoms with Gasteiger partial charge in [-0.05, 0) is 115 Å². The Balaban J connectivity index is 0.00000420.